The van der Waals surface area contributed by atoms with Crippen molar-refractivity contribution in [1.29, 1.82) is 0 Å². The van der Waals surface area contributed by atoms with Crippen LogP contribution in [0.2, 0.25) is 0 Å². The lowest BCUT2D eigenvalue weighted by molar-refractivity contribution is -0.0636. The predicted octanol–water partition coefficient (Wildman–Crippen LogP) is -1.21. The summed E-state index contributed by atoms with van der Waals surface area (Å²) in [5.41, 5.74) is 6.38. The molecule has 13 heteroatoms. The summed E-state index contributed by atoms with van der Waals surface area (Å²) in [6.07, 6.45) is 3.41. The molecule has 5 N–H and O–H groups in total. The van der Waals surface area contributed by atoms with Gasteiger partial charge in [-0.3, -0.25) is 9.09 Å². The van der Waals surface area contributed by atoms with E-state index in [-0.39, 0.29) is 12.4 Å². The quantitative estimate of drug-likeness (QED) is 0.347. The standard InChI is InChI=1S/C13H16N5O7P/c1-2-3-23-10-9(25-26(20,21)22)7(4-19)24-13(10)18-6-17-8-11(14)15-5-16-12(8)18/h1,5-7,9-10,13,19H,3-4H2,(H2,14,15,16)(H2,20,21,22)/t7-,9-,10-,13-/m1/s1. The number of imidazole rings is 1. The Labute approximate surface area is 147 Å². The van der Waals surface area contributed by atoms with E-state index in [0.29, 0.717) is 11.2 Å². The van der Waals surface area contributed by atoms with E-state index in [2.05, 4.69) is 20.9 Å². The largest absolute Gasteiger partial charge is 0.470 e. The van der Waals surface area contributed by atoms with Gasteiger partial charge in [0.25, 0.3) is 0 Å². The van der Waals surface area contributed by atoms with E-state index in [1.807, 2.05) is 0 Å². The molecular weight excluding hydrogens is 369 g/mol. The average Bonchev–Trinajstić information content (AvgIpc) is 3.14. The highest BCUT2D eigenvalue weighted by atomic mass is 31.2. The number of phosphoric ester groups is 1. The number of aromatic nitrogens is 4. The van der Waals surface area contributed by atoms with Crippen molar-refractivity contribution in [3.8, 4) is 12.3 Å². The van der Waals surface area contributed by atoms with Crippen molar-refractivity contribution < 1.29 is 33.5 Å². The van der Waals surface area contributed by atoms with Gasteiger partial charge in [-0.1, -0.05) is 5.92 Å². The summed E-state index contributed by atoms with van der Waals surface area (Å²) in [6.45, 7) is -0.742. The van der Waals surface area contributed by atoms with Crippen molar-refractivity contribution in [3.05, 3.63) is 12.7 Å². The van der Waals surface area contributed by atoms with Crippen LogP contribution in [-0.4, -0.2) is 65.9 Å². The molecule has 0 amide bonds. The fraction of sp³-hybridized carbons (Fsp3) is 0.462. The number of rotatable bonds is 6. The minimum Gasteiger partial charge on any atom is -0.394 e. The summed E-state index contributed by atoms with van der Waals surface area (Å²) >= 11 is 0. The van der Waals surface area contributed by atoms with Gasteiger partial charge in [0.05, 0.1) is 12.9 Å². The van der Waals surface area contributed by atoms with Gasteiger partial charge >= 0.3 is 7.82 Å². The molecule has 0 unspecified atom stereocenters. The Morgan fingerprint density at radius 3 is 2.81 bits per heavy atom. The first-order valence-electron chi connectivity index (χ1n) is 7.34. The van der Waals surface area contributed by atoms with Gasteiger partial charge in [0.2, 0.25) is 0 Å². The van der Waals surface area contributed by atoms with Gasteiger partial charge in [0, 0.05) is 0 Å². The minimum absolute atomic E-state index is 0.148. The molecule has 3 rings (SSSR count). The Kier molecular flexibility index (Phi) is 5.22. The summed E-state index contributed by atoms with van der Waals surface area (Å²) in [5.74, 6) is 2.41. The summed E-state index contributed by atoms with van der Waals surface area (Å²) in [5, 5.41) is 9.52. The number of nitrogens with two attached hydrogens (primary N) is 1. The van der Waals surface area contributed by atoms with Gasteiger partial charge in [-0.25, -0.2) is 19.5 Å². The number of aliphatic hydroxyl groups excluding tert-OH is 1. The summed E-state index contributed by atoms with van der Waals surface area (Å²) < 4.78 is 28.7. The number of anilines is 1. The van der Waals surface area contributed by atoms with Gasteiger partial charge in [0.1, 0.15) is 36.8 Å². The summed E-state index contributed by atoms with van der Waals surface area (Å²) in [4.78, 5) is 30.3. The van der Waals surface area contributed by atoms with Crippen LogP contribution in [0.1, 0.15) is 6.23 Å². The molecule has 140 valence electrons. The number of terminal acetylenes is 1. The zero-order chi connectivity index (χ0) is 18.9. The maximum Gasteiger partial charge on any atom is 0.470 e. The van der Waals surface area contributed by atoms with Crippen LogP contribution in [0.25, 0.3) is 11.2 Å². The van der Waals surface area contributed by atoms with E-state index in [4.69, 9.17) is 35.9 Å². The van der Waals surface area contributed by atoms with E-state index in [1.54, 1.807) is 0 Å². The van der Waals surface area contributed by atoms with Crippen LogP contribution in [0.4, 0.5) is 5.82 Å². The first kappa shape index (κ1) is 18.7. The number of phosphoric acid groups is 1. The van der Waals surface area contributed by atoms with Crippen molar-refractivity contribution in [3.63, 3.8) is 0 Å². The fourth-order valence-electron chi connectivity index (χ4n) is 2.74. The highest BCUT2D eigenvalue weighted by Gasteiger charge is 2.50. The molecule has 12 nitrogen and oxygen atoms in total. The normalized spacial score (nSPS) is 26.2. The third-order valence-corrected chi connectivity index (χ3v) is 4.26. The second-order valence-corrected chi connectivity index (χ2v) is 6.56. The molecule has 26 heavy (non-hydrogen) atoms. The molecule has 1 aliphatic rings. The lowest BCUT2D eigenvalue weighted by Crippen LogP contribution is -2.37. The third-order valence-electron chi connectivity index (χ3n) is 3.74. The number of fused-ring (bicyclic) bond motifs is 1. The maximum absolute atomic E-state index is 11.3. The molecule has 4 atom stereocenters. The second-order valence-electron chi connectivity index (χ2n) is 5.37. The van der Waals surface area contributed by atoms with Crippen LogP contribution in [0.3, 0.4) is 0 Å². The molecular formula is C13H16N5O7P. The molecule has 0 spiro atoms. The molecule has 0 radical (unpaired) electrons. The maximum atomic E-state index is 11.3. The Balaban J connectivity index is 2.02. The van der Waals surface area contributed by atoms with E-state index in [1.165, 1.54) is 17.2 Å². The van der Waals surface area contributed by atoms with Crippen molar-refractivity contribution in [2.45, 2.75) is 24.5 Å². The molecule has 0 aliphatic carbocycles. The number of nitrogens with zero attached hydrogens (tertiary/aromatic N) is 4. The summed E-state index contributed by atoms with van der Waals surface area (Å²) in [6, 6.07) is 0. The molecule has 2 aromatic heterocycles. The van der Waals surface area contributed by atoms with Gasteiger partial charge in [-0.05, 0) is 0 Å². The number of hydrogen-bond donors (Lipinski definition) is 4. The molecule has 2 aromatic rings. The third kappa shape index (κ3) is 3.55. The van der Waals surface area contributed by atoms with Gasteiger partial charge in [0.15, 0.2) is 17.7 Å². The SMILES string of the molecule is C#CCO[C@@H]1[C@H](OP(=O)(O)O)[C@@H](CO)O[C@H]1n1cnc2c(N)ncnc21. The van der Waals surface area contributed by atoms with Crippen molar-refractivity contribution in [2.75, 3.05) is 18.9 Å². The Bertz CT molecular complexity index is 877. The monoisotopic (exact) mass is 385 g/mol. The van der Waals surface area contributed by atoms with E-state index in [0.717, 1.165) is 0 Å². The zero-order valence-electron chi connectivity index (χ0n) is 13.2. The summed E-state index contributed by atoms with van der Waals surface area (Å²) in [7, 11) is -4.89. The van der Waals surface area contributed by atoms with Crippen LogP contribution in [0.5, 0.6) is 0 Å². The zero-order valence-corrected chi connectivity index (χ0v) is 14.1. The first-order chi connectivity index (χ1) is 12.4. The number of ether oxygens (including phenoxy) is 2. The van der Waals surface area contributed by atoms with Gasteiger partial charge < -0.3 is 30.1 Å². The van der Waals surface area contributed by atoms with Crippen molar-refractivity contribution in [1.82, 2.24) is 19.5 Å². The molecule has 3 heterocycles. The lowest BCUT2D eigenvalue weighted by Gasteiger charge is -2.24. The number of aliphatic hydroxyl groups is 1. The highest BCUT2D eigenvalue weighted by Crippen LogP contribution is 2.45. The Morgan fingerprint density at radius 1 is 1.38 bits per heavy atom. The molecule has 0 bridgehead atoms. The molecule has 1 aliphatic heterocycles. The second kappa shape index (κ2) is 7.26. The fourth-order valence-corrected chi connectivity index (χ4v) is 3.32. The molecule has 0 aromatic carbocycles. The number of nitrogen functional groups attached to an aromatic ring is 1. The predicted molar refractivity (Wildman–Crippen MR) is 86.2 cm³/mol. The molecule has 1 saturated heterocycles. The van der Waals surface area contributed by atoms with Crippen molar-refractivity contribution in [2.24, 2.45) is 0 Å². The highest BCUT2D eigenvalue weighted by molar-refractivity contribution is 7.46. The van der Waals surface area contributed by atoms with E-state index < -0.39 is 39.0 Å². The van der Waals surface area contributed by atoms with Crippen LogP contribution in [-0.2, 0) is 18.6 Å². The van der Waals surface area contributed by atoms with Gasteiger partial charge in [-0.2, -0.15) is 0 Å². The number of hydrogen-bond acceptors (Lipinski definition) is 9. The van der Waals surface area contributed by atoms with Crippen LogP contribution >= 0.6 is 7.82 Å². The topological polar surface area (TPSA) is 175 Å². The Morgan fingerprint density at radius 2 is 2.15 bits per heavy atom. The van der Waals surface area contributed by atoms with Crippen LogP contribution in [0.15, 0.2) is 12.7 Å². The molecule has 1 fully saturated rings. The Hall–Kier alpha value is -2.10. The lowest BCUT2D eigenvalue weighted by atomic mass is 10.1. The smallest absolute Gasteiger partial charge is 0.394 e. The van der Waals surface area contributed by atoms with Crippen molar-refractivity contribution >= 4 is 24.8 Å². The van der Waals surface area contributed by atoms with Crippen LogP contribution < -0.4 is 5.73 Å². The molecule has 0 saturated carbocycles. The van der Waals surface area contributed by atoms with Gasteiger partial charge in [-0.15, -0.1) is 6.42 Å². The first-order valence-corrected chi connectivity index (χ1v) is 8.87. The average molecular weight is 385 g/mol. The van der Waals surface area contributed by atoms with E-state index in [9.17, 15) is 9.67 Å². The minimum atomic E-state index is -4.89. The van der Waals surface area contributed by atoms with Crippen LogP contribution in [0, 0.1) is 12.3 Å². The van der Waals surface area contributed by atoms with E-state index >= 15 is 0 Å².